The molecule has 0 unspecified atom stereocenters. The van der Waals surface area contributed by atoms with Gasteiger partial charge in [0, 0.05) is 124 Å². The van der Waals surface area contributed by atoms with Gasteiger partial charge in [-0.25, -0.2) is 97.8 Å². The number of nitrogens with zero attached hydrogens (tertiary/aromatic N) is 5. The molecule has 4 saturated heterocycles. The van der Waals surface area contributed by atoms with Crippen LogP contribution in [0.4, 0.5) is 73.5 Å². The van der Waals surface area contributed by atoms with E-state index < -0.39 is 230 Å². The first-order valence-electron chi connectivity index (χ1n) is 47.8. The summed E-state index contributed by atoms with van der Waals surface area (Å²) in [6.07, 6.45) is 5.48. The molecular formula is C96H123Cl8F5N12O24S5. The molecule has 12 N–H and O–H groups in total. The molecule has 5 heterocycles. The number of anilines is 4. The molecule has 5 fully saturated rings. The van der Waals surface area contributed by atoms with Crippen molar-refractivity contribution in [2.24, 2.45) is 0 Å². The summed E-state index contributed by atoms with van der Waals surface area (Å²) in [5, 5.41) is 43.7. The number of piperidine rings is 4. The van der Waals surface area contributed by atoms with Crippen LogP contribution >= 0.6 is 92.8 Å². The zero-order valence-electron chi connectivity index (χ0n) is 84.3. The largest absolute Gasteiger partial charge is 0.504 e. The minimum absolute atomic E-state index is 0.0518. The molecule has 5 aromatic carbocycles. The van der Waals surface area contributed by atoms with Gasteiger partial charge in [-0.3, -0.25) is 0 Å². The van der Waals surface area contributed by atoms with Crippen LogP contribution in [0.25, 0.3) is 11.1 Å². The molecule has 36 nitrogen and oxygen atoms in total. The van der Waals surface area contributed by atoms with Gasteiger partial charge < -0.3 is 96.3 Å². The first-order valence-corrected chi connectivity index (χ1v) is 58.2. The van der Waals surface area contributed by atoms with E-state index in [0.717, 1.165) is 25.3 Å². The highest BCUT2D eigenvalue weighted by atomic mass is 35.5. The second-order valence-electron chi connectivity index (χ2n) is 40.9. The first-order chi connectivity index (χ1) is 69.2. The fraction of sp³-hybridized carbons (Fsp3) is 0.552. The summed E-state index contributed by atoms with van der Waals surface area (Å²) in [7, 11) is -23.2. The number of urea groups is 3. The van der Waals surface area contributed by atoms with E-state index in [1.54, 1.807) is 86.6 Å². The Balaban J connectivity index is 0.000000192. The number of amides is 9. The number of phenolic OH excluding ortho intramolecular Hbond substituents is 4. The van der Waals surface area contributed by atoms with E-state index in [1.807, 2.05) is 32.6 Å². The Labute approximate surface area is 908 Å². The van der Waals surface area contributed by atoms with Gasteiger partial charge in [0.05, 0.1) is 66.0 Å². The predicted molar refractivity (Wildman–Crippen MR) is 563 cm³/mol. The molecule has 0 bridgehead atoms. The average molecular weight is 2370 g/mol. The Hall–Kier alpha value is -8.91. The van der Waals surface area contributed by atoms with E-state index in [-0.39, 0.29) is 139 Å². The van der Waals surface area contributed by atoms with Crippen molar-refractivity contribution < 1.29 is 132 Å². The molecule has 14 rings (SSSR count). The summed E-state index contributed by atoms with van der Waals surface area (Å²) in [6.45, 7) is 23.2. The number of nitrogens with two attached hydrogens (primary N) is 1. The van der Waals surface area contributed by atoms with Crippen LogP contribution in [0.1, 0.15) is 218 Å². The zero-order chi connectivity index (χ0) is 112. The normalized spacial score (nSPS) is 19.9. The van der Waals surface area contributed by atoms with Crippen molar-refractivity contribution in [2.75, 3.05) is 80.6 Å². The fourth-order valence-electron chi connectivity index (χ4n) is 17.0. The third-order valence-electron chi connectivity index (χ3n) is 25.4. The number of halogens is 13. The number of aromatic nitrogens is 1. The Morgan fingerprint density at radius 3 is 0.927 bits per heavy atom. The monoisotopic (exact) mass is 2360 g/mol. The number of aromatic hydroxyl groups is 4. The summed E-state index contributed by atoms with van der Waals surface area (Å²) in [6, 6.07) is 9.42. The second kappa shape index (κ2) is 47.8. The molecule has 150 heavy (non-hydrogen) atoms. The first kappa shape index (κ1) is 123. The van der Waals surface area contributed by atoms with Gasteiger partial charge in [-0.1, -0.05) is 145 Å². The number of sulfone groups is 5. The van der Waals surface area contributed by atoms with Crippen LogP contribution in [0, 0.1) is 0 Å². The number of alkyl halides is 5. The quantitative estimate of drug-likeness (QED) is 0.0175. The lowest BCUT2D eigenvalue weighted by atomic mass is 9.97. The second-order valence-corrected chi connectivity index (χ2v) is 55.0. The Bertz CT molecular complexity index is 6800. The number of hydrogen-bond donors (Lipinski definition) is 11. The number of likely N-dealkylation sites (tertiary alicyclic amines) is 4. The maximum absolute atomic E-state index is 15.9. The van der Waals surface area contributed by atoms with E-state index in [9.17, 15) is 91.3 Å². The molecule has 4 aliphatic carbocycles. The number of nitrogens with one attached hydrogen (secondary N) is 6. The van der Waals surface area contributed by atoms with Crippen LogP contribution in [-0.4, -0.2) is 242 Å². The number of allylic oxidation sites excluding steroid dienone is 3. The minimum atomic E-state index is -4.83. The zero-order valence-corrected chi connectivity index (χ0v) is 94.4. The van der Waals surface area contributed by atoms with Gasteiger partial charge in [-0.05, 0) is 194 Å². The summed E-state index contributed by atoms with van der Waals surface area (Å²) in [5.41, 5.74) is 2.25. The van der Waals surface area contributed by atoms with E-state index in [0.29, 0.717) is 71.6 Å². The number of fused-ring (bicyclic) bond motifs is 1. The Morgan fingerprint density at radius 2 is 0.653 bits per heavy atom. The van der Waals surface area contributed by atoms with Crippen LogP contribution in [0.15, 0.2) is 123 Å². The molecule has 0 spiro atoms. The third-order valence-corrected chi connectivity index (χ3v) is 40.4. The number of phenols is 4. The van der Waals surface area contributed by atoms with Crippen LogP contribution in [0.5, 0.6) is 23.0 Å². The van der Waals surface area contributed by atoms with Crippen LogP contribution in [0.2, 0.25) is 25.1 Å². The standard InChI is InChI=1S/C22H28Cl2FN3O6S.C21H28ClFN2O5S.C19H24Cl2FN3O4S.C18H21Cl2FN2O4S.C16H22ClFN2O5S/c1-21(2,3)34-20(31)28-11-9-22(25,10-12-28)35(32,33)18-14(24)7-8-16(17(18)29)27-19(30)26-15-6-4-5-13(15)23;1-19(2,3)17-24-14-8-7-13(22)16(15(14)29-17)31(27,28)21(23)9-11-25(12-10-21)18(26)30-20(4,5)6;1-2-25-10-8-19(22,9-11-25)30(28,29)17-13(21)6-7-15(16(17)26)24-18(27)23-14-5-3-4-12(14)20;19-11-5-4-6-13(11)22-17(25)23-14-8-7-12(20)16(15(14)24)28(26,27)18(21)9-2-1-3-10-18;1-15(2,3)25-14(22)20-8-6-16(18,7-9-20)26(23,24)13-10(17)4-5-11(19)12(13)21/h5,7-8,15,29H,4,6,9-12H2,1-3H3,(H2,26,27,30);7-8H,9-12H2,1-6H3;4,6-7,14,26H,2-3,5,8-11H2,1H3,(H2,23,24,27);5,7-8,13,24H,1-4,6,9-10H2,(H2,22,23,25);4-5,21H,6-9,19H2,1-3H3/t15-;;14-;13-;/m1.11./s1. The van der Waals surface area contributed by atoms with E-state index >= 15 is 22.0 Å². The molecule has 6 aromatic rings. The number of hydrogen-bond acceptors (Lipinski definition) is 27. The maximum Gasteiger partial charge on any atom is 0.410 e. The van der Waals surface area contributed by atoms with Crippen molar-refractivity contribution in [2.45, 2.75) is 302 Å². The van der Waals surface area contributed by atoms with Crippen molar-refractivity contribution in [3.05, 3.63) is 125 Å². The van der Waals surface area contributed by atoms with Gasteiger partial charge in [0.2, 0.25) is 80.1 Å². The topological polar surface area (TPSA) is 519 Å². The predicted octanol–water partition coefficient (Wildman–Crippen LogP) is 22.1. The van der Waals surface area contributed by atoms with E-state index in [4.69, 9.17) is 117 Å². The number of oxazole rings is 1. The molecule has 832 valence electrons. The number of rotatable bonds is 17. The SMILES string of the molecule is CC(C)(C)OC(=O)N1CCC(F)(S(=O)(=O)c2c(Cl)ccc(N)c2O)CC1.CC(C)(C)OC(=O)N1CCC(F)(S(=O)(=O)c2c(Cl)ccc(NC(=O)N[C@@H]3CCC=C3Cl)c2O)CC1.CC(C)(C)OC(=O)N1CCC(F)(S(=O)(=O)c2c(Cl)ccc3nc(C(C)(C)C)oc23)CC1.CCN1CCC(F)(S(=O)(=O)c2c(Cl)ccc(NC(=O)N[C@@H]3CCC=C3Cl)c2O)CC1.O=C(Nc1ccc(Cl)c(S(=O)(=O)C2(F)CCCCC2)c1O)N[C@@H]1CCC=C1Cl. The lowest BCUT2D eigenvalue weighted by molar-refractivity contribution is 0.0126. The number of carbonyl (C=O) groups is 6. The maximum atomic E-state index is 15.9. The number of nitrogen functional groups attached to an aromatic ring is 1. The molecule has 9 amide bonds. The third kappa shape index (κ3) is 28.3. The lowest BCUT2D eigenvalue weighted by Crippen LogP contribution is -2.49. The van der Waals surface area contributed by atoms with Gasteiger partial charge >= 0.3 is 36.4 Å². The Morgan fingerprint density at radius 1 is 0.393 bits per heavy atom. The van der Waals surface area contributed by atoms with Crippen molar-refractivity contribution in [1.82, 2.24) is 40.5 Å². The van der Waals surface area contributed by atoms with Crippen molar-refractivity contribution in [3.63, 3.8) is 0 Å². The minimum Gasteiger partial charge on any atom is -0.504 e. The van der Waals surface area contributed by atoms with Crippen molar-refractivity contribution >= 4 is 212 Å². The fourth-order valence-corrected chi connectivity index (χ4v) is 29.1. The van der Waals surface area contributed by atoms with Gasteiger partial charge in [0.1, 0.15) is 46.8 Å². The average Bonchev–Trinajstić information content (AvgIpc) is 1.48. The highest BCUT2D eigenvalue weighted by Gasteiger charge is 2.56. The van der Waals surface area contributed by atoms with Gasteiger partial charge in [-0.15, -0.1) is 0 Å². The molecule has 0 radical (unpaired) electrons. The Kier molecular flexibility index (Phi) is 39.2. The summed E-state index contributed by atoms with van der Waals surface area (Å²) >= 11 is 48.2. The van der Waals surface area contributed by atoms with Crippen LogP contribution in [-0.2, 0) is 68.8 Å². The molecule has 3 atom stereocenters. The number of ether oxygens (including phenoxy) is 3. The van der Waals surface area contributed by atoms with E-state index in [1.165, 1.54) is 63.2 Å². The molecule has 4 aliphatic heterocycles. The summed E-state index contributed by atoms with van der Waals surface area (Å²) < 4.78 is 230. The molecule has 1 aromatic heterocycles. The smallest absolute Gasteiger partial charge is 0.410 e. The van der Waals surface area contributed by atoms with Gasteiger partial charge in [-0.2, -0.15) is 0 Å². The van der Waals surface area contributed by atoms with Crippen LogP contribution in [0.3, 0.4) is 0 Å². The number of benzene rings is 5. The van der Waals surface area contributed by atoms with E-state index in [2.05, 4.69) is 36.9 Å². The summed E-state index contributed by atoms with van der Waals surface area (Å²) in [5.74, 6) is -2.90. The van der Waals surface area contributed by atoms with Gasteiger partial charge in [0.15, 0.2) is 28.6 Å². The number of carbonyl (C=O) groups excluding carboxylic acids is 6. The van der Waals surface area contributed by atoms with Crippen molar-refractivity contribution in [3.8, 4) is 23.0 Å². The molecule has 54 heteroatoms. The molecule has 1 saturated carbocycles. The van der Waals surface area contributed by atoms with Gasteiger partial charge in [0.25, 0.3) is 0 Å². The highest BCUT2D eigenvalue weighted by molar-refractivity contribution is 7.94. The highest BCUT2D eigenvalue weighted by Crippen LogP contribution is 2.53. The van der Waals surface area contributed by atoms with Crippen molar-refractivity contribution in [1.29, 1.82) is 0 Å². The molecular weight excluding hydrogens is 2240 g/mol. The summed E-state index contributed by atoms with van der Waals surface area (Å²) in [4.78, 5) is 80.1. The lowest BCUT2D eigenvalue weighted by Gasteiger charge is -2.36. The van der Waals surface area contributed by atoms with Crippen LogP contribution < -0.4 is 37.6 Å². The molecule has 8 aliphatic rings.